The molecular formula is C19H25N3O3. The van der Waals surface area contributed by atoms with Crippen molar-refractivity contribution in [3.63, 3.8) is 0 Å². The van der Waals surface area contributed by atoms with Gasteiger partial charge in [0.05, 0.1) is 12.0 Å². The maximum absolute atomic E-state index is 12.6. The highest BCUT2D eigenvalue weighted by Gasteiger charge is 2.32. The van der Waals surface area contributed by atoms with Crippen LogP contribution in [0.4, 0.5) is 0 Å². The summed E-state index contributed by atoms with van der Waals surface area (Å²) in [6.07, 6.45) is 3.06. The third-order valence-corrected chi connectivity index (χ3v) is 4.50. The van der Waals surface area contributed by atoms with Crippen molar-refractivity contribution in [1.29, 1.82) is 0 Å². The van der Waals surface area contributed by atoms with Crippen LogP contribution in [-0.4, -0.2) is 29.2 Å². The highest BCUT2D eigenvalue weighted by molar-refractivity contribution is 5.79. The van der Waals surface area contributed by atoms with E-state index in [1.807, 2.05) is 0 Å². The summed E-state index contributed by atoms with van der Waals surface area (Å²) >= 11 is 0. The molecule has 0 aliphatic carbocycles. The second-order valence-corrected chi connectivity index (χ2v) is 6.58. The molecule has 1 amide bonds. The van der Waals surface area contributed by atoms with Gasteiger partial charge in [-0.05, 0) is 38.7 Å². The Kier molecular flexibility index (Phi) is 5.81. The summed E-state index contributed by atoms with van der Waals surface area (Å²) < 4.78 is 11.0. The molecule has 2 aromatic rings. The topological polar surface area (TPSA) is 77.2 Å². The third-order valence-electron chi connectivity index (χ3n) is 4.50. The SMILES string of the molecule is Cc1ccc([C@H]2OCCC[C@@H]2C(=O)NCCCc2nc(C)no2)cc1. The normalized spacial score (nSPS) is 20.4. The molecule has 1 aliphatic heterocycles. The van der Waals surface area contributed by atoms with Crippen molar-refractivity contribution in [3.05, 3.63) is 47.1 Å². The predicted molar refractivity (Wildman–Crippen MR) is 93.0 cm³/mol. The minimum Gasteiger partial charge on any atom is -0.373 e. The van der Waals surface area contributed by atoms with Crippen LogP contribution in [0, 0.1) is 19.8 Å². The van der Waals surface area contributed by atoms with Crippen molar-refractivity contribution in [3.8, 4) is 0 Å². The summed E-state index contributed by atoms with van der Waals surface area (Å²) in [6, 6.07) is 8.25. The number of carbonyl (C=O) groups is 1. The molecule has 1 saturated heterocycles. The summed E-state index contributed by atoms with van der Waals surface area (Å²) in [5.41, 5.74) is 2.28. The molecule has 6 heteroatoms. The molecule has 0 unspecified atom stereocenters. The smallest absolute Gasteiger partial charge is 0.226 e. The van der Waals surface area contributed by atoms with Crippen LogP contribution in [0.15, 0.2) is 28.8 Å². The van der Waals surface area contributed by atoms with Gasteiger partial charge in [-0.1, -0.05) is 35.0 Å². The summed E-state index contributed by atoms with van der Waals surface area (Å²) in [6.45, 7) is 5.15. The highest BCUT2D eigenvalue weighted by Crippen LogP contribution is 2.33. The van der Waals surface area contributed by atoms with Crippen LogP contribution in [0.25, 0.3) is 0 Å². The van der Waals surface area contributed by atoms with Gasteiger partial charge in [0.25, 0.3) is 0 Å². The van der Waals surface area contributed by atoms with Crippen molar-refractivity contribution in [1.82, 2.24) is 15.5 Å². The molecule has 1 aliphatic rings. The molecule has 0 saturated carbocycles. The summed E-state index contributed by atoms with van der Waals surface area (Å²) in [5.74, 6) is 1.18. The molecule has 1 aromatic carbocycles. The first-order valence-electron chi connectivity index (χ1n) is 8.88. The first kappa shape index (κ1) is 17.6. The molecule has 2 heterocycles. The quantitative estimate of drug-likeness (QED) is 0.816. The zero-order valence-corrected chi connectivity index (χ0v) is 14.8. The van der Waals surface area contributed by atoms with E-state index in [4.69, 9.17) is 9.26 Å². The number of rotatable bonds is 6. The van der Waals surface area contributed by atoms with E-state index in [-0.39, 0.29) is 17.9 Å². The molecule has 25 heavy (non-hydrogen) atoms. The van der Waals surface area contributed by atoms with Gasteiger partial charge in [0, 0.05) is 19.6 Å². The number of benzene rings is 1. The zero-order valence-electron chi connectivity index (χ0n) is 14.8. The van der Waals surface area contributed by atoms with Gasteiger partial charge in [-0.25, -0.2) is 0 Å². The van der Waals surface area contributed by atoms with Crippen LogP contribution >= 0.6 is 0 Å². The number of hydrogen-bond acceptors (Lipinski definition) is 5. The Morgan fingerprint density at radius 2 is 2.08 bits per heavy atom. The van der Waals surface area contributed by atoms with E-state index in [2.05, 4.69) is 46.6 Å². The van der Waals surface area contributed by atoms with E-state index in [0.29, 0.717) is 31.3 Å². The van der Waals surface area contributed by atoms with Crippen molar-refractivity contribution in [2.75, 3.05) is 13.2 Å². The second-order valence-electron chi connectivity index (χ2n) is 6.58. The van der Waals surface area contributed by atoms with Crippen LogP contribution in [0.2, 0.25) is 0 Å². The molecule has 0 spiro atoms. The molecule has 1 aromatic heterocycles. The fourth-order valence-electron chi connectivity index (χ4n) is 3.16. The van der Waals surface area contributed by atoms with E-state index in [9.17, 15) is 4.79 Å². The molecule has 0 bridgehead atoms. The van der Waals surface area contributed by atoms with Crippen LogP contribution in [0.5, 0.6) is 0 Å². The Hall–Kier alpha value is -2.21. The van der Waals surface area contributed by atoms with Gasteiger partial charge in [0.15, 0.2) is 5.82 Å². The van der Waals surface area contributed by atoms with Crippen LogP contribution in [-0.2, 0) is 16.0 Å². The molecule has 0 radical (unpaired) electrons. The van der Waals surface area contributed by atoms with E-state index in [0.717, 1.165) is 24.8 Å². The number of hydrogen-bond donors (Lipinski definition) is 1. The summed E-state index contributed by atoms with van der Waals surface area (Å²) in [7, 11) is 0. The number of ether oxygens (including phenoxy) is 1. The minimum absolute atomic E-state index is 0.0620. The molecule has 1 N–H and O–H groups in total. The number of nitrogens with one attached hydrogen (secondary N) is 1. The van der Waals surface area contributed by atoms with E-state index in [1.54, 1.807) is 6.92 Å². The summed E-state index contributed by atoms with van der Waals surface area (Å²) in [5, 5.41) is 6.80. The molecule has 2 atom stereocenters. The lowest BCUT2D eigenvalue weighted by molar-refractivity contribution is -0.134. The molecule has 3 rings (SSSR count). The Balaban J connectivity index is 1.52. The Morgan fingerprint density at radius 1 is 1.28 bits per heavy atom. The van der Waals surface area contributed by atoms with Crippen molar-refractivity contribution in [2.45, 2.75) is 45.6 Å². The molecular weight excluding hydrogens is 318 g/mol. The number of aryl methyl sites for hydroxylation is 3. The van der Waals surface area contributed by atoms with Gasteiger partial charge >= 0.3 is 0 Å². The van der Waals surface area contributed by atoms with Crippen molar-refractivity contribution in [2.24, 2.45) is 5.92 Å². The fraction of sp³-hybridized carbons (Fsp3) is 0.526. The van der Waals surface area contributed by atoms with E-state index in [1.165, 1.54) is 5.56 Å². The van der Waals surface area contributed by atoms with Crippen LogP contribution < -0.4 is 5.32 Å². The van der Waals surface area contributed by atoms with Gasteiger partial charge in [-0.15, -0.1) is 0 Å². The molecule has 1 fully saturated rings. The van der Waals surface area contributed by atoms with E-state index >= 15 is 0 Å². The Labute approximate surface area is 148 Å². The lowest BCUT2D eigenvalue weighted by Gasteiger charge is -2.31. The van der Waals surface area contributed by atoms with Gasteiger partial charge in [-0.3, -0.25) is 4.79 Å². The van der Waals surface area contributed by atoms with Crippen LogP contribution in [0.3, 0.4) is 0 Å². The standard InChI is InChI=1S/C19H25N3O3/c1-13-7-9-15(10-8-13)18-16(5-4-12-24-18)19(23)20-11-3-6-17-21-14(2)22-25-17/h7-10,16,18H,3-6,11-12H2,1-2H3,(H,20,23)/t16-,18+/m0/s1. The second kappa shape index (κ2) is 8.25. The highest BCUT2D eigenvalue weighted by atomic mass is 16.5. The predicted octanol–water partition coefficient (Wildman–Crippen LogP) is 2.90. The monoisotopic (exact) mass is 343 g/mol. The largest absolute Gasteiger partial charge is 0.373 e. The van der Waals surface area contributed by atoms with Gasteiger partial charge in [0.2, 0.25) is 11.8 Å². The molecule has 6 nitrogen and oxygen atoms in total. The number of amides is 1. The number of nitrogens with zero attached hydrogens (tertiary/aromatic N) is 2. The first-order valence-corrected chi connectivity index (χ1v) is 8.88. The average Bonchev–Trinajstić information content (AvgIpc) is 3.04. The first-order chi connectivity index (χ1) is 12.1. The number of aromatic nitrogens is 2. The maximum atomic E-state index is 12.6. The molecule has 134 valence electrons. The lowest BCUT2D eigenvalue weighted by Crippen LogP contribution is -2.38. The van der Waals surface area contributed by atoms with Gasteiger partial charge in [-0.2, -0.15) is 4.98 Å². The zero-order chi connectivity index (χ0) is 17.6. The van der Waals surface area contributed by atoms with E-state index < -0.39 is 0 Å². The van der Waals surface area contributed by atoms with Crippen molar-refractivity contribution < 1.29 is 14.1 Å². The lowest BCUT2D eigenvalue weighted by atomic mass is 9.88. The minimum atomic E-state index is -0.159. The summed E-state index contributed by atoms with van der Waals surface area (Å²) in [4.78, 5) is 16.8. The van der Waals surface area contributed by atoms with Crippen molar-refractivity contribution >= 4 is 5.91 Å². The van der Waals surface area contributed by atoms with Gasteiger partial charge in [0.1, 0.15) is 0 Å². The average molecular weight is 343 g/mol. The fourth-order valence-corrected chi connectivity index (χ4v) is 3.16. The van der Waals surface area contributed by atoms with Crippen LogP contribution in [0.1, 0.15) is 48.2 Å². The van der Waals surface area contributed by atoms with Gasteiger partial charge < -0.3 is 14.6 Å². The third kappa shape index (κ3) is 4.66. The maximum Gasteiger partial charge on any atom is 0.226 e. The Bertz CT molecular complexity index is 696. The Morgan fingerprint density at radius 3 is 2.80 bits per heavy atom. The number of carbonyl (C=O) groups excluding carboxylic acids is 1.